The number of ketones is 1. The van der Waals surface area contributed by atoms with E-state index in [1.54, 1.807) is 0 Å². The zero-order valence-corrected chi connectivity index (χ0v) is 4.66. The number of aliphatic hydroxyl groups is 2. The van der Waals surface area contributed by atoms with E-state index >= 15 is 0 Å². The Morgan fingerprint density at radius 3 is 2.67 bits per heavy atom. The molecule has 0 amide bonds. The van der Waals surface area contributed by atoms with Gasteiger partial charge in [0.05, 0.1) is 6.54 Å². The second-order valence-electron chi connectivity index (χ2n) is 1.90. The molecule has 0 saturated heterocycles. The third-order valence-electron chi connectivity index (χ3n) is 1.10. The Labute approximate surface area is 51.8 Å². The standard InChI is InChI=1S/C5H7NO3/c7-4-1-2-6-3-5(4,8)9/h1-2,6,8-9H,3H2. The summed E-state index contributed by atoms with van der Waals surface area (Å²) in [6.45, 7) is -0.137. The third kappa shape index (κ3) is 1.09. The van der Waals surface area contributed by atoms with Crippen LogP contribution in [0.5, 0.6) is 0 Å². The lowest BCUT2D eigenvalue weighted by atomic mass is 10.1. The molecule has 0 aliphatic carbocycles. The summed E-state index contributed by atoms with van der Waals surface area (Å²) in [6, 6.07) is 0. The van der Waals surface area contributed by atoms with Gasteiger partial charge in [0.25, 0.3) is 0 Å². The van der Waals surface area contributed by atoms with E-state index in [1.807, 2.05) is 0 Å². The van der Waals surface area contributed by atoms with Crippen LogP contribution in [0.2, 0.25) is 0 Å². The molecule has 0 aromatic carbocycles. The molecule has 9 heavy (non-hydrogen) atoms. The molecule has 4 nitrogen and oxygen atoms in total. The first kappa shape index (κ1) is 6.25. The van der Waals surface area contributed by atoms with Crippen LogP contribution in [0.3, 0.4) is 0 Å². The summed E-state index contributed by atoms with van der Waals surface area (Å²) in [6.07, 6.45) is 2.47. The molecule has 0 spiro atoms. The molecule has 0 aromatic heterocycles. The summed E-state index contributed by atoms with van der Waals surface area (Å²) < 4.78 is 0. The normalized spacial score (nSPS) is 23.6. The number of carbonyl (C=O) groups is 1. The van der Waals surface area contributed by atoms with Crippen LogP contribution in [0.4, 0.5) is 0 Å². The predicted octanol–water partition coefficient (Wildman–Crippen LogP) is -1.65. The molecule has 0 bridgehead atoms. The van der Waals surface area contributed by atoms with Crippen molar-refractivity contribution in [2.75, 3.05) is 6.54 Å². The van der Waals surface area contributed by atoms with Gasteiger partial charge in [-0.1, -0.05) is 0 Å². The van der Waals surface area contributed by atoms with Crippen LogP contribution in [0.25, 0.3) is 0 Å². The molecule has 1 aliphatic heterocycles. The van der Waals surface area contributed by atoms with Crippen molar-refractivity contribution in [3.05, 3.63) is 12.3 Å². The molecule has 0 fully saturated rings. The fourth-order valence-corrected chi connectivity index (χ4v) is 0.556. The fraction of sp³-hybridized carbons (Fsp3) is 0.400. The van der Waals surface area contributed by atoms with Crippen molar-refractivity contribution in [2.45, 2.75) is 5.79 Å². The Balaban J connectivity index is 2.78. The van der Waals surface area contributed by atoms with Gasteiger partial charge >= 0.3 is 0 Å². The van der Waals surface area contributed by atoms with Gasteiger partial charge in [-0.25, -0.2) is 0 Å². The number of nitrogens with one attached hydrogen (secondary N) is 1. The van der Waals surface area contributed by atoms with Crippen LogP contribution in [-0.4, -0.2) is 28.3 Å². The van der Waals surface area contributed by atoms with E-state index in [0.29, 0.717) is 0 Å². The summed E-state index contributed by atoms with van der Waals surface area (Å²) in [5.41, 5.74) is 0. The van der Waals surface area contributed by atoms with Gasteiger partial charge in [-0.15, -0.1) is 0 Å². The Bertz CT molecular complexity index is 162. The van der Waals surface area contributed by atoms with Gasteiger partial charge in [0.1, 0.15) is 0 Å². The Hall–Kier alpha value is -0.870. The minimum Gasteiger partial charge on any atom is -0.385 e. The zero-order valence-electron chi connectivity index (χ0n) is 4.66. The highest BCUT2D eigenvalue weighted by atomic mass is 16.5. The number of rotatable bonds is 0. The zero-order chi connectivity index (χ0) is 6.91. The third-order valence-corrected chi connectivity index (χ3v) is 1.10. The van der Waals surface area contributed by atoms with Crippen molar-refractivity contribution in [3.63, 3.8) is 0 Å². The SMILES string of the molecule is O=C1C=CNCC1(O)O. The first-order valence-electron chi connectivity index (χ1n) is 2.52. The van der Waals surface area contributed by atoms with Crippen molar-refractivity contribution >= 4 is 5.78 Å². The molecule has 1 aliphatic rings. The minimum atomic E-state index is -2.20. The van der Waals surface area contributed by atoms with E-state index in [-0.39, 0.29) is 6.54 Å². The maximum absolute atomic E-state index is 10.5. The summed E-state index contributed by atoms with van der Waals surface area (Å²) >= 11 is 0. The molecule has 0 unspecified atom stereocenters. The highest BCUT2D eigenvalue weighted by Gasteiger charge is 2.32. The Morgan fingerprint density at radius 1 is 1.67 bits per heavy atom. The maximum Gasteiger partial charge on any atom is 0.246 e. The molecule has 50 valence electrons. The van der Waals surface area contributed by atoms with E-state index in [0.717, 1.165) is 6.08 Å². The van der Waals surface area contributed by atoms with Crippen LogP contribution in [0.15, 0.2) is 12.3 Å². The summed E-state index contributed by atoms with van der Waals surface area (Å²) in [7, 11) is 0. The fourth-order valence-electron chi connectivity index (χ4n) is 0.556. The molecule has 1 heterocycles. The monoisotopic (exact) mass is 129 g/mol. The number of carbonyl (C=O) groups excluding carboxylic acids is 1. The molecular weight excluding hydrogens is 122 g/mol. The molecule has 0 saturated carbocycles. The van der Waals surface area contributed by atoms with Gasteiger partial charge in [0, 0.05) is 12.3 Å². The Morgan fingerprint density at radius 2 is 2.33 bits per heavy atom. The average Bonchev–Trinajstić information content (AvgIpc) is 1.77. The first-order chi connectivity index (χ1) is 4.13. The van der Waals surface area contributed by atoms with Gasteiger partial charge in [-0.3, -0.25) is 4.79 Å². The topological polar surface area (TPSA) is 69.6 Å². The van der Waals surface area contributed by atoms with E-state index in [4.69, 9.17) is 10.2 Å². The highest BCUT2D eigenvalue weighted by molar-refractivity contribution is 5.96. The summed E-state index contributed by atoms with van der Waals surface area (Å²) in [5, 5.41) is 20.0. The minimum absolute atomic E-state index is 0.137. The van der Waals surface area contributed by atoms with Crippen molar-refractivity contribution in [1.82, 2.24) is 5.32 Å². The average molecular weight is 129 g/mol. The molecule has 4 heteroatoms. The van der Waals surface area contributed by atoms with Crippen molar-refractivity contribution in [1.29, 1.82) is 0 Å². The summed E-state index contributed by atoms with van der Waals surface area (Å²) in [5.74, 6) is -2.88. The van der Waals surface area contributed by atoms with E-state index in [2.05, 4.69) is 5.32 Å². The Kier molecular flexibility index (Phi) is 1.27. The van der Waals surface area contributed by atoms with E-state index in [1.165, 1.54) is 6.20 Å². The lowest BCUT2D eigenvalue weighted by Gasteiger charge is -2.21. The molecular formula is C5H7NO3. The smallest absolute Gasteiger partial charge is 0.246 e. The predicted molar refractivity (Wildman–Crippen MR) is 29.3 cm³/mol. The maximum atomic E-state index is 10.5. The van der Waals surface area contributed by atoms with E-state index in [9.17, 15) is 4.79 Å². The highest BCUT2D eigenvalue weighted by Crippen LogP contribution is 2.03. The number of hydrogen-bond donors (Lipinski definition) is 3. The van der Waals surface area contributed by atoms with Crippen molar-refractivity contribution in [3.8, 4) is 0 Å². The van der Waals surface area contributed by atoms with Gasteiger partial charge in [-0.05, 0) is 0 Å². The number of β-amino-alcohol motifs (C(OH)–C–C–N with tert-alkyl or cyclic N) is 2. The van der Waals surface area contributed by atoms with Crippen LogP contribution < -0.4 is 5.32 Å². The van der Waals surface area contributed by atoms with Gasteiger partial charge in [0.2, 0.25) is 11.6 Å². The second kappa shape index (κ2) is 1.82. The molecule has 0 radical (unpaired) electrons. The molecule has 3 N–H and O–H groups in total. The van der Waals surface area contributed by atoms with Crippen LogP contribution in [0.1, 0.15) is 0 Å². The van der Waals surface area contributed by atoms with Crippen LogP contribution in [0, 0.1) is 0 Å². The summed E-state index contributed by atoms with van der Waals surface area (Å²) in [4.78, 5) is 10.5. The molecule has 1 rings (SSSR count). The quantitative estimate of drug-likeness (QED) is 0.343. The molecule has 0 aromatic rings. The van der Waals surface area contributed by atoms with E-state index < -0.39 is 11.6 Å². The molecule has 0 atom stereocenters. The largest absolute Gasteiger partial charge is 0.385 e. The lowest BCUT2D eigenvalue weighted by molar-refractivity contribution is -0.176. The van der Waals surface area contributed by atoms with Gasteiger partial charge < -0.3 is 15.5 Å². The lowest BCUT2D eigenvalue weighted by Crippen LogP contribution is -2.48. The first-order valence-corrected chi connectivity index (χ1v) is 2.52. The number of hydrogen-bond acceptors (Lipinski definition) is 4. The van der Waals surface area contributed by atoms with Crippen LogP contribution in [-0.2, 0) is 4.79 Å². The van der Waals surface area contributed by atoms with Crippen molar-refractivity contribution < 1.29 is 15.0 Å². The van der Waals surface area contributed by atoms with Crippen molar-refractivity contribution in [2.24, 2.45) is 0 Å². The van der Waals surface area contributed by atoms with Crippen LogP contribution >= 0.6 is 0 Å². The van der Waals surface area contributed by atoms with Gasteiger partial charge in [0.15, 0.2) is 0 Å². The second-order valence-corrected chi connectivity index (χ2v) is 1.90. The van der Waals surface area contributed by atoms with Gasteiger partial charge in [-0.2, -0.15) is 0 Å².